The maximum absolute atomic E-state index is 10.9. The van der Waals surface area contributed by atoms with Crippen LogP contribution in [0.25, 0.3) is 0 Å². The van der Waals surface area contributed by atoms with Gasteiger partial charge in [-0.25, -0.2) is 0 Å². The lowest BCUT2D eigenvalue weighted by Gasteiger charge is -2.05. The molecule has 1 fully saturated rings. The molecule has 0 aromatic rings. The number of hydrogen-bond acceptors (Lipinski definition) is 4. The van der Waals surface area contributed by atoms with Crippen molar-refractivity contribution in [2.75, 3.05) is 13.2 Å². The molecular formula is C7H10O4. The van der Waals surface area contributed by atoms with Gasteiger partial charge in [-0.2, -0.15) is 0 Å². The fourth-order valence-corrected chi connectivity index (χ4v) is 0.915. The minimum Gasteiger partial charge on any atom is -0.461 e. The summed E-state index contributed by atoms with van der Waals surface area (Å²) in [5.41, 5.74) is 0. The summed E-state index contributed by atoms with van der Waals surface area (Å²) in [5, 5.41) is 0. The number of carbonyl (C=O) groups excluding carboxylic acids is 2. The van der Waals surface area contributed by atoms with E-state index in [4.69, 9.17) is 9.47 Å². The maximum Gasteiger partial charge on any atom is 0.320 e. The van der Waals surface area contributed by atoms with E-state index in [1.807, 2.05) is 0 Å². The summed E-state index contributed by atoms with van der Waals surface area (Å²) >= 11 is 0. The van der Waals surface area contributed by atoms with Gasteiger partial charge in [-0.1, -0.05) is 6.92 Å². The van der Waals surface area contributed by atoms with Gasteiger partial charge in [-0.3, -0.25) is 9.59 Å². The Kier molecular flexibility index (Phi) is 2.46. The molecule has 62 valence electrons. The molecule has 0 aromatic heterocycles. The zero-order valence-corrected chi connectivity index (χ0v) is 6.33. The van der Waals surface area contributed by atoms with E-state index in [2.05, 4.69) is 0 Å². The summed E-state index contributed by atoms with van der Waals surface area (Å²) in [7, 11) is 0. The van der Waals surface area contributed by atoms with E-state index in [9.17, 15) is 9.59 Å². The van der Waals surface area contributed by atoms with Gasteiger partial charge >= 0.3 is 11.9 Å². The van der Waals surface area contributed by atoms with E-state index in [1.165, 1.54) is 0 Å². The van der Waals surface area contributed by atoms with Crippen LogP contribution in [0.1, 0.15) is 13.3 Å². The fraction of sp³-hybridized carbons (Fsp3) is 0.714. The molecule has 0 saturated carbocycles. The molecule has 0 atom stereocenters. The van der Waals surface area contributed by atoms with Crippen LogP contribution < -0.4 is 0 Å². The Labute approximate surface area is 64.5 Å². The Balaban J connectivity index is 2.66. The normalized spacial score (nSPS) is 20.5. The molecule has 11 heavy (non-hydrogen) atoms. The quantitative estimate of drug-likeness (QED) is 0.401. The van der Waals surface area contributed by atoms with Crippen molar-refractivity contribution in [2.45, 2.75) is 13.3 Å². The molecule has 0 radical (unpaired) electrons. The van der Waals surface area contributed by atoms with E-state index in [0.717, 1.165) is 0 Å². The van der Waals surface area contributed by atoms with Crippen LogP contribution in [0.15, 0.2) is 0 Å². The summed E-state index contributed by atoms with van der Waals surface area (Å²) < 4.78 is 9.38. The van der Waals surface area contributed by atoms with Gasteiger partial charge in [-0.05, 0) is 6.42 Å². The Bertz CT molecular complexity index is 157. The van der Waals surface area contributed by atoms with Crippen molar-refractivity contribution in [3.63, 3.8) is 0 Å². The highest BCUT2D eigenvalue weighted by Gasteiger charge is 2.29. The van der Waals surface area contributed by atoms with Gasteiger partial charge in [0.25, 0.3) is 0 Å². The first kappa shape index (κ1) is 8.04. The van der Waals surface area contributed by atoms with Gasteiger partial charge in [0.05, 0.1) is 0 Å². The molecule has 1 aliphatic rings. The Morgan fingerprint density at radius 3 is 2.09 bits per heavy atom. The SMILES string of the molecule is CCC1C(=O)OCCOC1=O. The van der Waals surface area contributed by atoms with Crippen LogP contribution in [0.2, 0.25) is 0 Å². The summed E-state index contributed by atoms with van der Waals surface area (Å²) in [5.74, 6) is -1.64. The smallest absolute Gasteiger partial charge is 0.320 e. The first-order valence-electron chi connectivity index (χ1n) is 3.59. The molecule has 0 spiro atoms. The van der Waals surface area contributed by atoms with Gasteiger partial charge in [0.2, 0.25) is 0 Å². The molecule has 4 heteroatoms. The third kappa shape index (κ3) is 1.69. The van der Waals surface area contributed by atoms with Crippen LogP contribution >= 0.6 is 0 Å². The van der Waals surface area contributed by atoms with Crippen LogP contribution in [0.4, 0.5) is 0 Å². The molecule has 0 aliphatic carbocycles. The lowest BCUT2D eigenvalue weighted by Crippen LogP contribution is -2.23. The van der Waals surface area contributed by atoms with Gasteiger partial charge < -0.3 is 9.47 Å². The molecular weight excluding hydrogens is 148 g/mol. The van der Waals surface area contributed by atoms with Crippen LogP contribution in [0.3, 0.4) is 0 Å². The molecule has 4 nitrogen and oxygen atoms in total. The summed E-state index contributed by atoms with van der Waals surface area (Å²) in [6.45, 7) is 2.11. The van der Waals surface area contributed by atoms with E-state index in [0.29, 0.717) is 6.42 Å². The first-order chi connectivity index (χ1) is 5.25. The predicted molar refractivity (Wildman–Crippen MR) is 35.7 cm³/mol. The van der Waals surface area contributed by atoms with E-state index in [-0.39, 0.29) is 13.2 Å². The second kappa shape index (κ2) is 3.37. The van der Waals surface area contributed by atoms with Crippen molar-refractivity contribution < 1.29 is 19.1 Å². The molecule has 1 rings (SSSR count). The fourth-order valence-electron chi connectivity index (χ4n) is 0.915. The van der Waals surface area contributed by atoms with Crippen LogP contribution in [-0.2, 0) is 19.1 Å². The van der Waals surface area contributed by atoms with E-state index >= 15 is 0 Å². The summed E-state index contributed by atoms with van der Waals surface area (Å²) in [6.07, 6.45) is 0.442. The van der Waals surface area contributed by atoms with Gasteiger partial charge in [0.1, 0.15) is 13.2 Å². The van der Waals surface area contributed by atoms with Gasteiger partial charge in [0.15, 0.2) is 5.92 Å². The molecule has 0 bridgehead atoms. The number of cyclic esters (lactones) is 2. The second-order valence-electron chi connectivity index (χ2n) is 2.30. The van der Waals surface area contributed by atoms with Crippen LogP contribution in [-0.4, -0.2) is 25.2 Å². The lowest BCUT2D eigenvalue weighted by atomic mass is 10.1. The minimum absolute atomic E-state index is 0.182. The highest BCUT2D eigenvalue weighted by Crippen LogP contribution is 2.10. The molecule has 0 unspecified atom stereocenters. The minimum atomic E-state index is -0.711. The topological polar surface area (TPSA) is 52.6 Å². The van der Waals surface area contributed by atoms with E-state index < -0.39 is 17.9 Å². The monoisotopic (exact) mass is 158 g/mol. The largest absolute Gasteiger partial charge is 0.461 e. The molecule has 0 N–H and O–H groups in total. The maximum atomic E-state index is 10.9. The lowest BCUT2D eigenvalue weighted by molar-refractivity contribution is -0.154. The number of carbonyl (C=O) groups is 2. The highest BCUT2D eigenvalue weighted by atomic mass is 16.6. The van der Waals surface area contributed by atoms with Gasteiger partial charge in [-0.15, -0.1) is 0 Å². The average molecular weight is 158 g/mol. The predicted octanol–water partition coefficient (Wildman–Crippen LogP) is 0.113. The van der Waals surface area contributed by atoms with E-state index in [1.54, 1.807) is 6.92 Å². The number of esters is 2. The molecule has 1 heterocycles. The Morgan fingerprint density at radius 2 is 1.73 bits per heavy atom. The van der Waals surface area contributed by atoms with Crippen molar-refractivity contribution >= 4 is 11.9 Å². The average Bonchev–Trinajstić information content (AvgIpc) is 2.12. The third-order valence-electron chi connectivity index (χ3n) is 1.55. The third-order valence-corrected chi connectivity index (χ3v) is 1.55. The zero-order chi connectivity index (χ0) is 8.27. The standard InChI is InChI=1S/C7H10O4/c1-2-5-6(8)10-3-4-11-7(5)9/h5H,2-4H2,1H3. The Hall–Kier alpha value is -1.06. The number of hydrogen-bond donors (Lipinski definition) is 0. The first-order valence-corrected chi connectivity index (χ1v) is 3.59. The molecule has 1 aliphatic heterocycles. The summed E-state index contributed by atoms with van der Waals surface area (Å²) in [6, 6.07) is 0. The van der Waals surface area contributed by atoms with Crippen LogP contribution in [0, 0.1) is 5.92 Å². The highest BCUT2D eigenvalue weighted by molar-refractivity contribution is 5.95. The van der Waals surface area contributed by atoms with Crippen molar-refractivity contribution in [3.05, 3.63) is 0 Å². The van der Waals surface area contributed by atoms with Gasteiger partial charge in [0, 0.05) is 0 Å². The van der Waals surface area contributed by atoms with Crippen LogP contribution in [0.5, 0.6) is 0 Å². The van der Waals surface area contributed by atoms with Crippen molar-refractivity contribution in [3.8, 4) is 0 Å². The van der Waals surface area contributed by atoms with Crippen molar-refractivity contribution in [1.29, 1.82) is 0 Å². The number of ether oxygens (including phenoxy) is 2. The zero-order valence-electron chi connectivity index (χ0n) is 6.33. The van der Waals surface area contributed by atoms with Crippen molar-refractivity contribution in [1.82, 2.24) is 0 Å². The van der Waals surface area contributed by atoms with Crippen molar-refractivity contribution in [2.24, 2.45) is 5.92 Å². The molecule has 0 aromatic carbocycles. The summed E-state index contributed by atoms with van der Waals surface area (Å²) in [4.78, 5) is 21.9. The Morgan fingerprint density at radius 1 is 1.27 bits per heavy atom. The molecule has 1 saturated heterocycles. The molecule has 0 amide bonds. The number of rotatable bonds is 1. The second-order valence-corrected chi connectivity index (χ2v) is 2.30.